The summed E-state index contributed by atoms with van der Waals surface area (Å²) in [6.07, 6.45) is 3.37. The predicted molar refractivity (Wildman–Crippen MR) is 111 cm³/mol. The summed E-state index contributed by atoms with van der Waals surface area (Å²) < 4.78 is 10.6. The van der Waals surface area contributed by atoms with E-state index in [9.17, 15) is 4.79 Å². The largest absolute Gasteiger partial charge is 0.497 e. The molecule has 0 atom stereocenters. The Morgan fingerprint density at radius 3 is 2.39 bits per heavy atom. The molecule has 1 heterocycles. The first kappa shape index (κ1) is 20.2. The number of ether oxygens (including phenoxy) is 2. The number of methoxy groups -OCH3 is 1. The summed E-state index contributed by atoms with van der Waals surface area (Å²) in [6.45, 7) is 4.10. The van der Waals surface area contributed by atoms with Gasteiger partial charge in [0.2, 0.25) is 0 Å². The van der Waals surface area contributed by atoms with Crippen molar-refractivity contribution in [3.63, 3.8) is 0 Å². The van der Waals surface area contributed by atoms with E-state index < -0.39 is 0 Å². The third-order valence-electron chi connectivity index (χ3n) is 5.28. The van der Waals surface area contributed by atoms with Crippen molar-refractivity contribution in [2.24, 2.45) is 5.92 Å². The maximum atomic E-state index is 12.0. The molecule has 3 rings (SSSR count). The number of benzene rings is 2. The number of nitrogens with zero attached hydrogens (tertiary/aromatic N) is 1. The third-order valence-corrected chi connectivity index (χ3v) is 5.28. The summed E-state index contributed by atoms with van der Waals surface area (Å²) in [7, 11) is 1.62. The Balaban J connectivity index is 1.28. The average molecular weight is 383 g/mol. The van der Waals surface area contributed by atoms with E-state index in [0.29, 0.717) is 11.7 Å². The number of nitrogens with one attached hydrogen (secondary N) is 1. The third kappa shape index (κ3) is 6.57. The molecular formula is C23H30N2O3. The molecule has 1 saturated heterocycles. The van der Waals surface area contributed by atoms with Crippen molar-refractivity contribution in [2.45, 2.75) is 19.3 Å². The van der Waals surface area contributed by atoms with Crippen LogP contribution >= 0.6 is 0 Å². The van der Waals surface area contributed by atoms with Crippen LogP contribution in [0.3, 0.4) is 0 Å². The lowest BCUT2D eigenvalue weighted by molar-refractivity contribution is -0.123. The maximum Gasteiger partial charge on any atom is 0.257 e. The smallest absolute Gasteiger partial charge is 0.257 e. The van der Waals surface area contributed by atoms with Crippen LogP contribution in [0.4, 0.5) is 0 Å². The molecule has 2 aromatic carbocycles. The molecule has 0 aliphatic carbocycles. The van der Waals surface area contributed by atoms with Gasteiger partial charge in [-0.3, -0.25) is 4.79 Å². The fraction of sp³-hybridized carbons (Fsp3) is 0.435. The molecule has 0 bridgehead atoms. The zero-order valence-electron chi connectivity index (χ0n) is 16.6. The van der Waals surface area contributed by atoms with Gasteiger partial charge in [0.05, 0.1) is 7.11 Å². The zero-order chi connectivity index (χ0) is 19.6. The first-order valence-electron chi connectivity index (χ1n) is 10.0. The highest BCUT2D eigenvalue weighted by molar-refractivity contribution is 5.77. The van der Waals surface area contributed by atoms with E-state index in [1.807, 2.05) is 12.1 Å². The Morgan fingerprint density at radius 1 is 1.04 bits per heavy atom. The van der Waals surface area contributed by atoms with Gasteiger partial charge in [0, 0.05) is 13.1 Å². The molecule has 150 valence electrons. The minimum Gasteiger partial charge on any atom is -0.497 e. The summed E-state index contributed by atoms with van der Waals surface area (Å²) in [5, 5.41) is 3.01. The summed E-state index contributed by atoms with van der Waals surface area (Å²) in [4.78, 5) is 14.6. The van der Waals surface area contributed by atoms with Crippen LogP contribution in [0.15, 0.2) is 54.6 Å². The molecule has 0 radical (unpaired) electrons. The molecule has 0 unspecified atom stereocenters. The molecule has 2 aromatic rings. The molecule has 1 fully saturated rings. The van der Waals surface area contributed by atoms with Gasteiger partial charge in [-0.1, -0.05) is 30.3 Å². The lowest BCUT2D eigenvalue weighted by Crippen LogP contribution is -2.40. The molecule has 5 heteroatoms. The number of likely N-dealkylation sites (tertiary alicyclic amines) is 1. The molecule has 0 spiro atoms. The minimum atomic E-state index is -0.0673. The van der Waals surface area contributed by atoms with Crippen LogP contribution in [0.25, 0.3) is 0 Å². The Hall–Kier alpha value is -2.53. The zero-order valence-corrected chi connectivity index (χ0v) is 16.6. The molecule has 1 aliphatic rings. The number of hydrogen-bond donors (Lipinski definition) is 1. The van der Waals surface area contributed by atoms with E-state index in [1.54, 1.807) is 19.2 Å². The Labute approximate surface area is 167 Å². The van der Waals surface area contributed by atoms with Crippen LogP contribution in [0.2, 0.25) is 0 Å². The van der Waals surface area contributed by atoms with Gasteiger partial charge in [-0.2, -0.15) is 0 Å². The van der Waals surface area contributed by atoms with Gasteiger partial charge in [0.1, 0.15) is 11.5 Å². The van der Waals surface area contributed by atoms with Crippen LogP contribution in [-0.4, -0.2) is 50.7 Å². The first-order valence-corrected chi connectivity index (χ1v) is 10.0. The van der Waals surface area contributed by atoms with Crippen molar-refractivity contribution >= 4 is 5.91 Å². The quantitative estimate of drug-likeness (QED) is 0.724. The molecule has 1 aliphatic heterocycles. The van der Waals surface area contributed by atoms with Crippen molar-refractivity contribution in [1.29, 1.82) is 0 Å². The highest BCUT2D eigenvalue weighted by Crippen LogP contribution is 2.18. The minimum absolute atomic E-state index is 0.0439. The second kappa shape index (κ2) is 10.7. The van der Waals surface area contributed by atoms with Crippen LogP contribution in [0.5, 0.6) is 11.5 Å². The van der Waals surface area contributed by atoms with E-state index in [1.165, 1.54) is 5.56 Å². The normalized spacial score (nSPS) is 15.2. The second-order valence-corrected chi connectivity index (χ2v) is 7.29. The molecule has 5 nitrogen and oxygen atoms in total. The standard InChI is InChI=1S/C23H30N2O3/c1-27-21-7-9-22(10-8-21)28-18-23(26)24-17-20-12-15-25(16-13-20)14-11-19-5-3-2-4-6-19/h2-10,20H,11-18H2,1H3,(H,24,26). The van der Waals surface area contributed by atoms with Crippen LogP contribution in [0.1, 0.15) is 18.4 Å². The van der Waals surface area contributed by atoms with Crippen molar-refractivity contribution in [2.75, 3.05) is 39.9 Å². The van der Waals surface area contributed by atoms with Gasteiger partial charge in [0.25, 0.3) is 5.91 Å². The van der Waals surface area contributed by atoms with Crippen LogP contribution in [0, 0.1) is 5.92 Å². The predicted octanol–water partition coefficient (Wildman–Crippen LogP) is 3.14. The molecule has 0 saturated carbocycles. The van der Waals surface area contributed by atoms with Gasteiger partial charge in [-0.15, -0.1) is 0 Å². The topological polar surface area (TPSA) is 50.8 Å². The number of carbonyl (C=O) groups excluding carboxylic acids is 1. The van der Waals surface area contributed by atoms with Crippen molar-refractivity contribution in [3.05, 3.63) is 60.2 Å². The van der Waals surface area contributed by atoms with Gasteiger partial charge in [-0.25, -0.2) is 0 Å². The number of rotatable bonds is 9. The van der Waals surface area contributed by atoms with Gasteiger partial charge in [-0.05, 0) is 68.1 Å². The van der Waals surface area contributed by atoms with Gasteiger partial charge in [0.15, 0.2) is 6.61 Å². The fourth-order valence-corrected chi connectivity index (χ4v) is 3.48. The van der Waals surface area contributed by atoms with Gasteiger partial charge >= 0.3 is 0 Å². The second-order valence-electron chi connectivity index (χ2n) is 7.29. The van der Waals surface area contributed by atoms with E-state index >= 15 is 0 Å². The first-order chi connectivity index (χ1) is 13.7. The van der Waals surface area contributed by atoms with Crippen molar-refractivity contribution in [1.82, 2.24) is 10.2 Å². The van der Waals surface area contributed by atoms with E-state index in [4.69, 9.17) is 9.47 Å². The highest BCUT2D eigenvalue weighted by Gasteiger charge is 2.19. The van der Waals surface area contributed by atoms with E-state index in [2.05, 4.69) is 40.5 Å². The summed E-state index contributed by atoms with van der Waals surface area (Å²) >= 11 is 0. The molecule has 1 amide bonds. The van der Waals surface area contributed by atoms with E-state index in [0.717, 1.165) is 51.2 Å². The van der Waals surface area contributed by atoms with Gasteiger partial charge < -0.3 is 19.7 Å². The van der Waals surface area contributed by atoms with Crippen LogP contribution < -0.4 is 14.8 Å². The summed E-state index contributed by atoms with van der Waals surface area (Å²) in [6, 6.07) is 17.9. The van der Waals surface area contributed by atoms with Crippen molar-refractivity contribution < 1.29 is 14.3 Å². The lowest BCUT2D eigenvalue weighted by Gasteiger charge is -2.32. The van der Waals surface area contributed by atoms with E-state index in [-0.39, 0.29) is 12.5 Å². The molecule has 0 aromatic heterocycles. The maximum absolute atomic E-state index is 12.0. The monoisotopic (exact) mass is 382 g/mol. The number of hydrogen-bond acceptors (Lipinski definition) is 4. The highest BCUT2D eigenvalue weighted by atomic mass is 16.5. The Kier molecular flexibility index (Phi) is 7.73. The molecular weight excluding hydrogens is 352 g/mol. The molecule has 28 heavy (non-hydrogen) atoms. The fourth-order valence-electron chi connectivity index (χ4n) is 3.48. The Morgan fingerprint density at radius 2 is 1.71 bits per heavy atom. The number of carbonyl (C=O) groups is 1. The van der Waals surface area contributed by atoms with Crippen molar-refractivity contribution in [3.8, 4) is 11.5 Å². The summed E-state index contributed by atoms with van der Waals surface area (Å²) in [5.41, 5.74) is 1.40. The number of piperidine rings is 1. The SMILES string of the molecule is COc1ccc(OCC(=O)NCC2CCN(CCc3ccccc3)CC2)cc1. The summed E-state index contributed by atoms with van der Waals surface area (Å²) in [5.74, 6) is 1.93. The number of amides is 1. The van der Waals surface area contributed by atoms with Crippen LogP contribution in [-0.2, 0) is 11.2 Å². The lowest BCUT2D eigenvalue weighted by atomic mass is 9.96. The Bertz CT molecular complexity index is 710. The molecule has 1 N–H and O–H groups in total. The average Bonchev–Trinajstić information content (AvgIpc) is 2.76.